The Balaban J connectivity index is 2.09. The van der Waals surface area contributed by atoms with Gasteiger partial charge >= 0.3 is 5.89 Å². The van der Waals surface area contributed by atoms with Crippen LogP contribution in [0.3, 0.4) is 0 Å². The van der Waals surface area contributed by atoms with Crippen LogP contribution in [0.4, 0.5) is 0 Å². The average molecular weight is 284 g/mol. The van der Waals surface area contributed by atoms with Crippen LogP contribution >= 0.6 is 0 Å². The van der Waals surface area contributed by atoms with Crippen molar-refractivity contribution < 1.29 is 9.15 Å². The summed E-state index contributed by atoms with van der Waals surface area (Å²) in [5.41, 5.74) is 1.22. The van der Waals surface area contributed by atoms with Gasteiger partial charge in [-0.2, -0.15) is 5.26 Å². The zero-order chi connectivity index (χ0) is 14.8. The first-order valence-corrected chi connectivity index (χ1v) is 6.38. The third-order valence-corrected chi connectivity index (χ3v) is 2.74. The van der Waals surface area contributed by atoms with E-state index in [1.165, 1.54) is 6.33 Å². The second-order valence-electron chi connectivity index (χ2n) is 4.83. The molecule has 0 bridgehead atoms. The highest BCUT2D eigenvalue weighted by Gasteiger charge is 2.18. The van der Waals surface area contributed by atoms with E-state index in [2.05, 4.69) is 25.1 Å². The van der Waals surface area contributed by atoms with Crippen molar-refractivity contribution in [3.8, 4) is 23.4 Å². The van der Waals surface area contributed by atoms with Crippen molar-refractivity contribution in [1.82, 2.24) is 25.1 Å². The average Bonchev–Trinajstić information content (AvgIpc) is 3.10. The summed E-state index contributed by atoms with van der Waals surface area (Å²) in [5, 5.41) is 16.9. The molecule has 21 heavy (non-hydrogen) atoms. The van der Waals surface area contributed by atoms with Gasteiger partial charge in [-0.05, 0) is 5.92 Å². The standard InChI is InChI=1S/C13H12N6O2/c1-7(2)5-20-13-10-8(4-15-11(10)16-6-17-13)12-19-18-9(3-14)21-12/h4,6-7H,5H2,1-2H3,(H,15,16,17). The molecule has 0 spiro atoms. The van der Waals surface area contributed by atoms with Crippen molar-refractivity contribution >= 4 is 11.0 Å². The molecule has 0 radical (unpaired) electrons. The van der Waals surface area contributed by atoms with Gasteiger partial charge in [-0.25, -0.2) is 9.97 Å². The van der Waals surface area contributed by atoms with Gasteiger partial charge in [0, 0.05) is 6.20 Å². The van der Waals surface area contributed by atoms with Crippen LogP contribution < -0.4 is 4.74 Å². The first kappa shape index (κ1) is 13.1. The molecule has 106 valence electrons. The number of hydrogen-bond donors (Lipinski definition) is 1. The van der Waals surface area contributed by atoms with Gasteiger partial charge in [-0.15, -0.1) is 5.10 Å². The molecule has 0 aliphatic heterocycles. The smallest absolute Gasteiger partial charge is 0.321 e. The topological polar surface area (TPSA) is 114 Å². The lowest BCUT2D eigenvalue weighted by atomic mass is 10.2. The van der Waals surface area contributed by atoms with Crippen LogP contribution in [0.15, 0.2) is 16.9 Å². The second kappa shape index (κ2) is 5.20. The van der Waals surface area contributed by atoms with Crippen LogP contribution in [0.5, 0.6) is 5.88 Å². The molecule has 0 amide bonds. The molecule has 8 heteroatoms. The van der Waals surface area contributed by atoms with E-state index in [-0.39, 0.29) is 11.8 Å². The van der Waals surface area contributed by atoms with Crippen molar-refractivity contribution in [2.45, 2.75) is 13.8 Å². The lowest BCUT2D eigenvalue weighted by Crippen LogP contribution is -2.06. The van der Waals surface area contributed by atoms with Gasteiger partial charge in [0.25, 0.3) is 5.89 Å². The first-order chi connectivity index (χ1) is 10.2. The minimum atomic E-state index is -0.0964. The molecule has 3 heterocycles. The third-order valence-electron chi connectivity index (χ3n) is 2.74. The fourth-order valence-corrected chi connectivity index (χ4v) is 1.84. The summed E-state index contributed by atoms with van der Waals surface area (Å²) in [7, 11) is 0. The summed E-state index contributed by atoms with van der Waals surface area (Å²) >= 11 is 0. The molecular weight excluding hydrogens is 272 g/mol. The Labute approximate surface area is 119 Å². The van der Waals surface area contributed by atoms with Gasteiger partial charge < -0.3 is 14.1 Å². The number of rotatable bonds is 4. The number of nitriles is 1. The fraction of sp³-hybridized carbons (Fsp3) is 0.308. The molecule has 0 fully saturated rings. The molecule has 1 N–H and O–H groups in total. The lowest BCUT2D eigenvalue weighted by molar-refractivity contribution is 0.264. The first-order valence-electron chi connectivity index (χ1n) is 6.38. The van der Waals surface area contributed by atoms with E-state index in [4.69, 9.17) is 14.4 Å². The largest absolute Gasteiger partial charge is 0.477 e. The van der Waals surface area contributed by atoms with Crippen LogP contribution in [-0.4, -0.2) is 31.8 Å². The Kier molecular flexibility index (Phi) is 3.23. The normalized spacial score (nSPS) is 11.0. The van der Waals surface area contributed by atoms with E-state index in [0.29, 0.717) is 35.0 Å². The predicted octanol–water partition coefficient (Wildman–Crippen LogP) is 1.91. The highest BCUT2D eigenvalue weighted by Crippen LogP contribution is 2.32. The molecule has 3 aromatic heterocycles. The van der Waals surface area contributed by atoms with Crippen LogP contribution in [0.1, 0.15) is 19.7 Å². The molecule has 0 aromatic carbocycles. The number of ether oxygens (including phenoxy) is 1. The van der Waals surface area contributed by atoms with E-state index in [1.54, 1.807) is 12.3 Å². The minimum absolute atomic E-state index is 0.0964. The molecule has 3 aromatic rings. The fourth-order valence-electron chi connectivity index (χ4n) is 1.84. The summed E-state index contributed by atoms with van der Waals surface area (Å²) < 4.78 is 11.0. The van der Waals surface area contributed by atoms with Gasteiger partial charge in [-0.1, -0.05) is 18.9 Å². The molecule has 0 aliphatic carbocycles. The SMILES string of the molecule is CC(C)COc1ncnc2[nH]cc(-c3nnc(C#N)o3)c12. The molecule has 8 nitrogen and oxygen atoms in total. The number of nitrogens with zero attached hydrogens (tertiary/aromatic N) is 5. The summed E-state index contributed by atoms with van der Waals surface area (Å²) in [6.45, 7) is 4.63. The van der Waals surface area contributed by atoms with Crippen LogP contribution in [-0.2, 0) is 0 Å². The summed E-state index contributed by atoms with van der Waals surface area (Å²) in [4.78, 5) is 11.3. The maximum atomic E-state index is 8.76. The highest BCUT2D eigenvalue weighted by molar-refractivity contribution is 5.94. The van der Waals surface area contributed by atoms with E-state index in [1.807, 2.05) is 13.8 Å². The molecule has 0 saturated carbocycles. The Morgan fingerprint density at radius 3 is 2.95 bits per heavy atom. The van der Waals surface area contributed by atoms with E-state index in [0.717, 1.165) is 0 Å². The zero-order valence-corrected chi connectivity index (χ0v) is 11.5. The molecule has 3 rings (SSSR count). The highest BCUT2D eigenvalue weighted by atomic mass is 16.5. The van der Waals surface area contributed by atoms with E-state index in [9.17, 15) is 0 Å². The van der Waals surface area contributed by atoms with E-state index >= 15 is 0 Å². The monoisotopic (exact) mass is 284 g/mol. The number of nitrogens with one attached hydrogen (secondary N) is 1. The molecule has 0 saturated heterocycles. The molecular formula is C13H12N6O2. The zero-order valence-electron chi connectivity index (χ0n) is 11.5. The Bertz CT molecular complexity index is 814. The summed E-state index contributed by atoms with van der Waals surface area (Å²) in [6.07, 6.45) is 3.10. The molecule has 0 unspecified atom stereocenters. The van der Waals surface area contributed by atoms with Gasteiger partial charge in [0.05, 0.1) is 17.6 Å². The maximum Gasteiger partial charge on any atom is 0.321 e. The van der Waals surface area contributed by atoms with Crippen molar-refractivity contribution in [3.63, 3.8) is 0 Å². The lowest BCUT2D eigenvalue weighted by Gasteiger charge is -2.08. The number of fused-ring (bicyclic) bond motifs is 1. The van der Waals surface area contributed by atoms with Crippen molar-refractivity contribution in [3.05, 3.63) is 18.4 Å². The minimum Gasteiger partial charge on any atom is -0.477 e. The quantitative estimate of drug-likeness (QED) is 0.778. The Morgan fingerprint density at radius 2 is 2.24 bits per heavy atom. The van der Waals surface area contributed by atoms with Crippen LogP contribution in [0, 0.1) is 17.2 Å². The van der Waals surface area contributed by atoms with Gasteiger partial charge in [0.1, 0.15) is 12.0 Å². The van der Waals surface area contributed by atoms with Gasteiger partial charge in [-0.3, -0.25) is 0 Å². The molecule has 0 atom stereocenters. The number of aromatic nitrogens is 5. The summed E-state index contributed by atoms with van der Waals surface area (Å²) in [6, 6.07) is 1.80. The van der Waals surface area contributed by atoms with E-state index < -0.39 is 0 Å². The van der Waals surface area contributed by atoms with Crippen LogP contribution in [0.2, 0.25) is 0 Å². The van der Waals surface area contributed by atoms with Crippen molar-refractivity contribution in [2.75, 3.05) is 6.61 Å². The maximum absolute atomic E-state index is 8.76. The van der Waals surface area contributed by atoms with Gasteiger partial charge in [0.2, 0.25) is 5.88 Å². The second-order valence-corrected chi connectivity index (χ2v) is 4.83. The number of hydrogen-bond acceptors (Lipinski definition) is 7. The third kappa shape index (κ3) is 2.41. The van der Waals surface area contributed by atoms with Crippen molar-refractivity contribution in [1.29, 1.82) is 5.26 Å². The van der Waals surface area contributed by atoms with Crippen molar-refractivity contribution in [2.24, 2.45) is 5.92 Å². The van der Waals surface area contributed by atoms with Gasteiger partial charge in [0.15, 0.2) is 6.07 Å². The molecule has 0 aliphatic rings. The predicted molar refractivity (Wildman–Crippen MR) is 72.2 cm³/mol. The Morgan fingerprint density at radius 1 is 1.38 bits per heavy atom. The number of H-pyrrole nitrogens is 1. The summed E-state index contributed by atoms with van der Waals surface area (Å²) in [5.74, 6) is 0.940. The Hall–Kier alpha value is -2.95. The van der Waals surface area contributed by atoms with Crippen LogP contribution in [0.25, 0.3) is 22.5 Å². The number of aromatic amines is 1.